The van der Waals surface area contributed by atoms with Crippen molar-refractivity contribution in [3.05, 3.63) is 111 Å². The Morgan fingerprint density at radius 1 is 0.608 bits per heavy atom. The quantitative estimate of drug-likeness (QED) is 0.0704. The lowest BCUT2D eigenvalue weighted by atomic mass is 10.1. The summed E-state index contributed by atoms with van der Waals surface area (Å²) in [7, 11) is 1.65. The lowest BCUT2D eigenvalue weighted by Gasteiger charge is -2.33. The fourth-order valence-corrected chi connectivity index (χ4v) is 10.5. The van der Waals surface area contributed by atoms with E-state index in [1.807, 2.05) is 45.6 Å². The second-order valence-corrected chi connectivity index (χ2v) is 27.8. The molecule has 2 saturated heterocycles. The Morgan fingerprint density at radius 2 is 1.05 bits per heavy atom. The molecule has 2 aliphatic carbocycles. The number of anilines is 2. The third kappa shape index (κ3) is 13.4. The number of fused-ring (bicyclic) bond motifs is 2. The zero-order valence-electron chi connectivity index (χ0n) is 42.7. The number of likely N-dealkylation sites (tertiary alicyclic amines) is 2. The number of aryl methyl sites for hydroxylation is 1. The smallest absolute Gasteiger partial charge is 0.369 e. The molecule has 0 bridgehead atoms. The number of rotatable bonds is 11. The second kappa shape index (κ2) is 24.8. The number of nitrogens with zero attached hydrogens (tertiary/aromatic N) is 10. The Labute approximate surface area is 500 Å². The van der Waals surface area contributed by atoms with Crippen molar-refractivity contribution in [2.24, 2.45) is 11.8 Å². The van der Waals surface area contributed by atoms with Crippen molar-refractivity contribution < 1.29 is 24.5 Å². The van der Waals surface area contributed by atoms with Crippen molar-refractivity contribution in [2.45, 2.75) is 70.4 Å². The van der Waals surface area contributed by atoms with Gasteiger partial charge in [0.05, 0.1) is 49.3 Å². The number of ether oxygens (including phenoxy) is 1. The monoisotopic (exact) mass is 1340 g/mol. The molecule has 4 fully saturated rings. The molecule has 8 aromatic rings. The number of nitrogens with one attached hydrogen (secondary N) is 2. The SMILES string of the molecule is BrB(Br)Br.COc1cc2nc(-c3ccc(Cl)c(Cl)c3)n(-c3ccnc(N[C@@H]4CCCN(C(=O)C5CC5)C4)n3)c2cc1C.O=C(C1CC1)N1CCC[C@@H](Nc2nccc(-n3c(-c4ccc(Cl)c(Cl)c4)nc4cc(O)c(O)cc43)n2)C1. The van der Waals surface area contributed by atoms with Crippen LogP contribution in [0.1, 0.15) is 56.9 Å². The van der Waals surface area contributed by atoms with Gasteiger partial charge in [-0.2, -0.15) is 9.97 Å². The van der Waals surface area contributed by atoms with E-state index in [2.05, 4.69) is 67.9 Å². The Morgan fingerprint density at radius 3 is 1.49 bits per heavy atom. The summed E-state index contributed by atoms with van der Waals surface area (Å²) in [6.07, 6.45) is 11.2. The van der Waals surface area contributed by atoms with Crippen LogP contribution in [0, 0.1) is 18.8 Å². The van der Waals surface area contributed by atoms with Gasteiger partial charge in [0, 0.05) is 91.8 Å². The lowest BCUT2D eigenvalue weighted by Crippen LogP contribution is -2.45. The number of methoxy groups -OCH3 is 1. The van der Waals surface area contributed by atoms with Gasteiger partial charge in [0.25, 0.3) is 0 Å². The second-order valence-electron chi connectivity index (χ2n) is 19.7. The number of amides is 2. The highest BCUT2D eigenvalue weighted by Crippen LogP contribution is 2.39. The molecule has 0 radical (unpaired) electrons. The van der Waals surface area contributed by atoms with Gasteiger partial charge in [0.1, 0.15) is 29.0 Å². The van der Waals surface area contributed by atoms with E-state index in [1.165, 1.54) is 12.1 Å². The van der Waals surface area contributed by atoms with Gasteiger partial charge in [-0.25, -0.2) is 19.9 Å². The van der Waals surface area contributed by atoms with Crippen LogP contribution < -0.4 is 15.4 Å². The van der Waals surface area contributed by atoms with Gasteiger partial charge >= 0.3 is 3.18 Å². The molecule has 17 nitrogen and oxygen atoms in total. The van der Waals surface area contributed by atoms with Crippen LogP contribution in [0.25, 0.3) is 56.5 Å². The van der Waals surface area contributed by atoms with E-state index in [9.17, 15) is 19.8 Å². The van der Waals surface area contributed by atoms with Crippen LogP contribution in [0.3, 0.4) is 0 Å². The maximum absolute atomic E-state index is 12.6. The Bertz CT molecular complexity index is 3590. The number of imidazole rings is 2. The van der Waals surface area contributed by atoms with Crippen molar-refractivity contribution in [1.82, 2.24) is 48.8 Å². The van der Waals surface area contributed by atoms with Crippen LogP contribution in [-0.4, -0.2) is 119 Å². The first-order valence-corrected chi connectivity index (χ1v) is 29.9. The summed E-state index contributed by atoms with van der Waals surface area (Å²) in [6, 6.07) is 21.2. The standard InChI is InChI=1S/C28H28Cl2N6O2.C26H24Cl2N6O3.BBr3/c1-16-12-23-22(14-24(16)38-2)33-26(18-7-8-20(29)21(30)13-18)36(23)25-9-10-31-28(34-25)32-19-4-3-11-35(15-19)27(37)17-5-6-17;27-17-6-5-15(10-18(17)28)24-31-19-11-21(35)22(36)12-20(19)34(24)23-7-8-29-26(32-23)30-16-2-1-9-33(13-16)25(37)14-3-4-14;2-1(3)4/h7-10,12-14,17,19H,3-6,11,15H2,1-2H3,(H,31,32,34);5-8,10-12,14,16,35-36H,1-4,9,13H2,(H,29,30,32);/t19-;16-;/m11./s1. The molecule has 25 heteroatoms. The fourth-order valence-electron chi connectivity index (χ4n) is 9.87. The Kier molecular flexibility index (Phi) is 17.8. The number of carbonyl (C=O) groups excluding carboxylic acids is 2. The Balaban J connectivity index is 0.000000167. The largest absolute Gasteiger partial charge is 0.504 e. The number of benzene rings is 4. The first-order chi connectivity index (χ1) is 38.0. The van der Waals surface area contributed by atoms with Crippen LogP contribution in [0.2, 0.25) is 20.1 Å². The van der Waals surface area contributed by atoms with Gasteiger partial charge in [-0.1, -0.05) is 46.4 Å². The van der Waals surface area contributed by atoms with E-state index in [-0.39, 0.29) is 50.4 Å². The number of halogens is 7. The minimum atomic E-state index is -0.274. The fraction of sp³-hybridized carbons (Fsp3) is 0.333. The molecule has 4 aromatic carbocycles. The molecule has 2 atom stereocenters. The number of phenols is 2. The minimum absolute atomic E-state index is 0.0433. The molecule has 4 aliphatic rings. The van der Waals surface area contributed by atoms with Crippen molar-refractivity contribution in [2.75, 3.05) is 43.9 Å². The Hall–Kier alpha value is -5.42. The van der Waals surface area contributed by atoms with Crippen molar-refractivity contribution in [3.63, 3.8) is 0 Å². The summed E-state index contributed by atoms with van der Waals surface area (Å²) >= 11 is 34.3. The number of piperidine rings is 2. The summed E-state index contributed by atoms with van der Waals surface area (Å²) in [5.74, 6) is 4.46. The molecule has 2 amide bonds. The summed E-state index contributed by atoms with van der Waals surface area (Å²) in [4.78, 5) is 57.3. The maximum Gasteiger partial charge on any atom is 0.369 e. The van der Waals surface area contributed by atoms with Crippen LogP contribution in [0.4, 0.5) is 11.9 Å². The highest BCUT2D eigenvalue weighted by Gasteiger charge is 2.37. The molecular weight excluding hydrogens is 1290 g/mol. The molecule has 410 valence electrons. The van der Waals surface area contributed by atoms with Crippen LogP contribution >= 0.6 is 93.7 Å². The topological polar surface area (TPSA) is 202 Å². The van der Waals surface area contributed by atoms with E-state index in [4.69, 9.17) is 71.1 Å². The van der Waals surface area contributed by atoms with Crippen molar-refractivity contribution in [3.8, 4) is 51.7 Å². The molecular formula is C54H52BBr3Cl4N12O5. The highest BCUT2D eigenvalue weighted by atomic mass is 79.9. The van der Waals surface area contributed by atoms with Gasteiger partial charge in [0.15, 0.2) is 11.5 Å². The lowest BCUT2D eigenvalue weighted by molar-refractivity contribution is -0.134. The predicted octanol–water partition coefficient (Wildman–Crippen LogP) is 13.1. The van der Waals surface area contributed by atoms with E-state index in [1.54, 1.807) is 60.5 Å². The zero-order valence-corrected chi connectivity index (χ0v) is 50.5. The molecule has 79 heavy (non-hydrogen) atoms. The molecule has 4 aromatic heterocycles. The van der Waals surface area contributed by atoms with Crippen molar-refractivity contribution >= 4 is 143 Å². The van der Waals surface area contributed by atoms with Gasteiger partial charge in [0.2, 0.25) is 23.7 Å². The zero-order chi connectivity index (χ0) is 55.6. The summed E-state index contributed by atoms with van der Waals surface area (Å²) in [5.41, 5.74) is 5.12. The average Bonchev–Trinajstić information content (AvgIpc) is 4.53. The van der Waals surface area contributed by atoms with Gasteiger partial charge in [-0.15, -0.1) is 47.3 Å². The third-order valence-corrected chi connectivity index (χ3v) is 15.5. The third-order valence-electron chi connectivity index (χ3n) is 14.0. The minimum Gasteiger partial charge on any atom is -0.504 e. The molecule has 6 heterocycles. The number of phenolic OH excluding ortho intramolecular Hbond substituents is 2. The predicted molar refractivity (Wildman–Crippen MR) is 323 cm³/mol. The van der Waals surface area contributed by atoms with E-state index >= 15 is 0 Å². The first kappa shape index (κ1) is 56.8. The molecule has 0 spiro atoms. The highest BCUT2D eigenvalue weighted by molar-refractivity contribution is 9.69. The van der Waals surface area contributed by atoms with Crippen LogP contribution in [0.15, 0.2) is 85.2 Å². The van der Waals surface area contributed by atoms with Gasteiger partial charge in [-0.05, 0) is 118 Å². The van der Waals surface area contributed by atoms with Crippen molar-refractivity contribution in [1.29, 1.82) is 0 Å². The molecule has 4 N–H and O–H groups in total. The summed E-state index contributed by atoms with van der Waals surface area (Å²) < 4.78 is 9.58. The van der Waals surface area contributed by atoms with Crippen LogP contribution in [0.5, 0.6) is 17.2 Å². The normalized spacial score (nSPS) is 17.1. The number of hydrogen-bond acceptors (Lipinski definition) is 13. The summed E-state index contributed by atoms with van der Waals surface area (Å²) in [5, 5.41) is 28.9. The molecule has 12 rings (SSSR count). The number of aromatic nitrogens is 8. The number of hydrogen-bond donors (Lipinski definition) is 4. The first-order valence-electron chi connectivity index (χ1n) is 25.6. The van der Waals surface area contributed by atoms with Gasteiger partial charge in [-0.3, -0.25) is 18.7 Å². The molecule has 2 aliphatic heterocycles. The summed E-state index contributed by atoms with van der Waals surface area (Å²) in [6.45, 7) is 4.91. The van der Waals surface area contributed by atoms with Crippen LogP contribution in [-0.2, 0) is 9.59 Å². The molecule has 2 saturated carbocycles. The number of aromatic hydroxyl groups is 2. The molecule has 0 unspecified atom stereocenters. The average molecular weight is 1340 g/mol. The van der Waals surface area contributed by atoms with E-state index in [0.717, 1.165) is 92.4 Å². The van der Waals surface area contributed by atoms with E-state index in [0.29, 0.717) is 85.0 Å². The maximum atomic E-state index is 12.6. The van der Waals surface area contributed by atoms with Gasteiger partial charge < -0.3 is 35.4 Å². The number of carbonyl (C=O) groups is 2. The van der Waals surface area contributed by atoms with E-state index < -0.39 is 0 Å².